The van der Waals surface area contributed by atoms with Crippen molar-refractivity contribution in [2.45, 2.75) is 46.3 Å². The van der Waals surface area contributed by atoms with Gasteiger partial charge in [-0.25, -0.2) is 0 Å². The fourth-order valence-electron chi connectivity index (χ4n) is 2.05. The lowest BCUT2D eigenvalue weighted by Gasteiger charge is -2.14. The number of ether oxygens (including phenoxy) is 1. The zero-order chi connectivity index (χ0) is 14.5. The van der Waals surface area contributed by atoms with Crippen LogP contribution in [0.5, 0.6) is 5.75 Å². The zero-order valence-corrected chi connectivity index (χ0v) is 12.2. The predicted molar refractivity (Wildman–Crippen MR) is 76.5 cm³/mol. The molecule has 0 fully saturated rings. The Kier molecular flexibility index (Phi) is 4.74. The minimum Gasteiger partial charge on any atom is -0.483 e. The van der Waals surface area contributed by atoms with Crippen molar-refractivity contribution in [1.82, 2.24) is 10.2 Å². The standard InChI is InChI=1S/C15H21N3O2/c1-4-13-17-18-14(20-13)9-19-15-10(2)6-5-7-12(15)8-11(3)16/h5-7,11H,4,8-9,16H2,1-3H3. The summed E-state index contributed by atoms with van der Waals surface area (Å²) < 4.78 is 11.3. The molecule has 2 rings (SSSR count). The Morgan fingerprint density at radius 2 is 2.05 bits per heavy atom. The van der Waals surface area contributed by atoms with Crippen LogP contribution in [-0.2, 0) is 19.4 Å². The van der Waals surface area contributed by atoms with E-state index in [1.54, 1.807) is 0 Å². The molecular weight excluding hydrogens is 254 g/mol. The van der Waals surface area contributed by atoms with Crippen molar-refractivity contribution in [2.24, 2.45) is 5.73 Å². The fourth-order valence-corrected chi connectivity index (χ4v) is 2.05. The lowest BCUT2D eigenvalue weighted by atomic mass is 10.0. The van der Waals surface area contributed by atoms with E-state index in [0.29, 0.717) is 11.8 Å². The smallest absolute Gasteiger partial charge is 0.253 e. The summed E-state index contributed by atoms with van der Waals surface area (Å²) in [5.41, 5.74) is 8.06. The quantitative estimate of drug-likeness (QED) is 0.876. The molecule has 0 saturated carbocycles. The van der Waals surface area contributed by atoms with Crippen LogP contribution in [0.1, 0.15) is 36.8 Å². The van der Waals surface area contributed by atoms with Gasteiger partial charge in [-0.2, -0.15) is 0 Å². The van der Waals surface area contributed by atoms with E-state index < -0.39 is 0 Å². The average Bonchev–Trinajstić information content (AvgIpc) is 2.85. The van der Waals surface area contributed by atoms with Crippen molar-refractivity contribution in [3.05, 3.63) is 41.1 Å². The van der Waals surface area contributed by atoms with Crippen LogP contribution in [0.15, 0.2) is 22.6 Å². The van der Waals surface area contributed by atoms with Gasteiger partial charge in [0, 0.05) is 12.5 Å². The van der Waals surface area contributed by atoms with Gasteiger partial charge in [-0.05, 0) is 31.4 Å². The van der Waals surface area contributed by atoms with E-state index in [2.05, 4.69) is 10.2 Å². The van der Waals surface area contributed by atoms with Crippen LogP contribution in [0.4, 0.5) is 0 Å². The van der Waals surface area contributed by atoms with Gasteiger partial charge < -0.3 is 14.9 Å². The summed E-state index contributed by atoms with van der Waals surface area (Å²) in [5, 5.41) is 7.88. The molecule has 0 saturated heterocycles. The first-order valence-electron chi connectivity index (χ1n) is 6.88. The molecule has 0 aliphatic heterocycles. The molecule has 0 aliphatic rings. The van der Waals surface area contributed by atoms with E-state index in [1.807, 2.05) is 39.0 Å². The molecule has 2 N–H and O–H groups in total. The molecule has 0 radical (unpaired) electrons. The highest BCUT2D eigenvalue weighted by molar-refractivity contribution is 5.41. The molecule has 0 aliphatic carbocycles. The van der Waals surface area contributed by atoms with Crippen LogP contribution in [-0.4, -0.2) is 16.2 Å². The van der Waals surface area contributed by atoms with Crippen molar-refractivity contribution in [3.63, 3.8) is 0 Å². The topological polar surface area (TPSA) is 74.2 Å². The predicted octanol–water partition coefficient (Wildman–Crippen LogP) is 2.41. The van der Waals surface area contributed by atoms with Gasteiger partial charge in [-0.1, -0.05) is 25.1 Å². The van der Waals surface area contributed by atoms with E-state index in [0.717, 1.165) is 29.7 Å². The van der Waals surface area contributed by atoms with E-state index in [1.165, 1.54) is 0 Å². The number of nitrogens with two attached hydrogens (primary N) is 1. The molecular formula is C15H21N3O2. The van der Waals surface area contributed by atoms with Crippen molar-refractivity contribution in [2.75, 3.05) is 0 Å². The van der Waals surface area contributed by atoms with Gasteiger partial charge in [0.15, 0.2) is 6.61 Å². The molecule has 0 bridgehead atoms. The number of para-hydroxylation sites is 1. The number of benzene rings is 1. The Bertz CT molecular complexity index is 564. The maximum absolute atomic E-state index is 5.88. The third-order valence-electron chi connectivity index (χ3n) is 2.99. The Hall–Kier alpha value is -1.88. The summed E-state index contributed by atoms with van der Waals surface area (Å²) in [6, 6.07) is 6.17. The van der Waals surface area contributed by atoms with Crippen molar-refractivity contribution in [3.8, 4) is 5.75 Å². The van der Waals surface area contributed by atoms with Crippen molar-refractivity contribution >= 4 is 0 Å². The molecule has 1 heterocycles. The average molecular weight is 275 g/mol. The minimum absolute atomic E-state index is 0.0919. The normalized spacial score (nSPS) is 12.4. The first kappa shape index (κ1) is 14.5. The molecule has 0 spiro atoms. The Morgan fingerprint density at radius 1 is 1.30 bits per heavy atom. The van der Waals surface area contributed by atoms with Crippen molar-refractivity contribution in [1.29, 1.82) is 0 Å². The maximum atomic E-state index is 5.88. The van der Waals surface area contributed by atoms with Crippen LogP contribution in [0.25, 0.3) is 0 Å². The summed E-state index contributed by atoms with van der Waals surface area (Å²) in [4.78, 5) is 0. The second-order valence-corrected chi connectivity index (χ2v) is 4.98. The van der Waals surface area contributed by atoms with Gasteiger partial charge in [0.25, 0.3) is 5.89 Å². The van der Waals surface area contributed by atoms with Crippen LogP contribution in [0, 0.1) is 6.92 Å². The molecule has 20 heavy (non-hydrogen) atoms. The van der Waals surface area contributed by atoms with Gasteiger partial charge >= 0.3 is 0 Å². The van der Waals surface area contributed by atoms with Gasteiger partial charge in [0.05, 0.1) is 0 Å². The number of aryl methyl sites for hydroxylation is 2. The monoisotopic (exact) mass is 275 g/mol. The van der Waals surface area contributed by atoms with Gasteiger partial charge in [-0.15, -0.1) is 10.2 Å². The largest absolute Gasteiger partial charge is 0.483 e. The van der Waals surface area contributed by atoms with Crippen LogP contribution in [0.2, 0.25) is 0 Å². The number of nitrogens with zero attached hydrogens (tertiary/aromatic N) is 2. The highest BCUT2D eigenvalue weighted by Crippen LogP contribution is 2.25. The molecule has 1 atom stereocenters. The van der Waals surface area contributed by atoms with Crippen LogP contribution < -0.4 is 10.5 Å². The number of rotatable bonds is 6. The molecule has 0 amide bonds. The zero-order valence-electron chi connectivity index (χ0n) is 12.2. The number of hydrogen-bond donors (Lipinski definition) is 1. The summed E-state index contributed by atoms with van der Waals surface area (Å²) in [7, 11) is 0. The molecule has 108 valence electrons. The van der Waals surface area contributed by atoms with Gasteiger partial charge in [0.1, 0.15) is 5.75 Å². The summed E-state index contributed by atoms with van der Waals surface area (Å²) in [6.45, 7) is 6.26. The highest BCUT2D eigenvalue weighted by Gasteiger charge is 2.11. The van der Waals surface area contributed by atoms with Crippen molar-refractivity contribution < 1.29 is 9.15 Å². The summed E-state index contributed by atoms with van der Waals surface area (Å²) in [5.74, 6) is 1.99. The molecule has 5 heteroatoms. The van der Waals surface area contributed by atoms with E-state index in [-0.39, 0.29) is 12.6 Å². The summed E-state index contributed by atoms with van der Waals surface area (Å²) in [6.07, 6.45) is 1.51. The number of hydrogen-bond acceptors (Lipinski definition) is 5. The van der Waals surface area contributed by atoms with Crippen LogP contribution >= 0.6 is 0 Å². The third kappa shape index (κ3) is 3.57. The Balaban J connectivity index is 2.11. The molecule has 1 aromatic carbocycles. The Morgan fingerprint density at radius 3 is 2.70 bits per heavy atom. The first-order chi connectivity index (χ1) is 9.60. The molecule has 1 aromatic heterocycles. The fraction of sp³-hybridized carbons (Fsp3) is 0.467. The van der Waals surface area contributed by atoms with E-state index >= 15 is 0 Å². The van der Waals surface area contributed by atoms with Gasteiger partial charge in [0.2, 0.25) is 5.89 Å². The third-order valence-corrected chi connectivity index (χ3v) is 2.99. The second-order valence-electron chi connectivity index (χ2n) is 4.98. The Labute approximate surface area is 119 Å². The maximum Gasteiger partial charge on any atom is 0.253 e. The van der Waals surface area contributed by atoms with Crippen LogP contribution in [0.3, 0.4) is 0 Å². The summed E-state index contributed by atoms with van der Waals surface area (Å²) >= 11 is 0. The van der Waals surface area contributed by atoms with E-state index in [9.17, 15) is 0 Å². The lowest BCUT2D eigenvalue weighted by Crippen LogP contribution is -2.18. The van der Waals surface area contributed by atoms with E-state index in [4.69, 9.17) is 14.9 Å². The first-order valence-corrected chi connectivity index (χ1v) is 6.88. The molecule has 1 unspecified atom stereocenters. The number of aromatic nitrogens is 2. The lowest BCUT2D eigenvalue weighted by molar-refractivity contribution is 0.255. The molecule has 5 nitrogen and oxygen atoms in total. The molecule has 2 aromatic rings. The van der Waals surface area contributed by atoms with Gasteiger partial charge in [-0.3, -0.25) is 0 Å². The minimum atomic E-state index is 0.0919. The SMILES string of the molecule is CCc1nnc(COc2c(C)cccc2CC(C)N)o1. The second kappa shape index (κ2) is 6.52. The highest BCUT2D eigenvalue weighted by atomic mass is 16.5.